The largest absolute Gasteiger partial charge is 0.325 e. The lowest BCUT2D eigenvalue weighted by Gasteiger charge is -2.06. The van der Waals surface area contributed by atoms with Gasteiger partial charge in [0.05, 0.1) is 15.6 Å². The van der Waals surface area contributed by atoms with E-state index in [9.17, 15) is 0 Å². The van der Waals surface area contributed by atoms with E-state index in [1.165, 1.54) is 21.6 Å². The van der Waals surface area contributed by atoms with Crippen LogP contribution >= 0.6 is 11.3 Å². The lowest BCUT2D eigenvalue weighted by molar-refractivity contribution is 1.00. The third-order valence-electron chi connectivity index (χ3n) is 2.64. The summed E-state index contributed by atoms with van der Waals surface area (Å²) in [6.45, 7) is 6.77. The maximum Gasteiger partial charge on any atom is 0.0904 e. The Hall–Kier alpha value is -1.19. The summed E-state index contributed by atoms with van der Waals surface area (Å²) in [6.07, 6.45) is 0. The summed E-state index contributed by atoms with van der Waals surface area (Å²) in [5.74, 6) is 0. The molecule has 0 atom stereocenters. The summed E-state index contributed by atoms with van der Waals surface area (Å²) >= 11 is 1.72. The van der Waals surface area contributed by atoms with Gasteiger partial charge >= 0.3 is 0 Å². The van der Waals surface area contributed by atoms with Crippen LogP contribution in [0.5, 0.6) is 0 Å². The van der Waals surface area contributed by atoms with Gasteiger partial charge in [-0.25, -0.2) is 4.98 Å². The van der Waals surface area contributed by atoms with Crippen molar-refractivity contribution in [1.29, 1.82) is 0 Å². The molecule has 16 heavy (non-hydrogen) atoms. The van der Waals surface area contributed by atoms with Crippen molar-refractivity contribution in [3.63, 3.8) is 0 Å². The van der Waals surface area contributed by atoms with E-state index in [2.05, 4.69) is 37.0 Å². The van der Waals surface area contributed by atoms with E-state index in [1.807, 2.05) is 6.92 Å². The third kappa shape index (κ3) is 2.01. The van der Waals surface area contributed by atoms with Gasteiger partial charge < -0.3 is 5.73 Å². The molecule has 2 aromatic rings. The van der Waals surface area contributed by atoms with Crippen molar-refractivity contribution in [2.24, 2.45) is 5.73 Å². The molecule has 0 bridgehead atoms. The minimum atomic E-state index is 0.507. The molecule has 2 N–H and O–H groups in total. The van der Waals surface area contributed by atoms with Crippen molar-refractivity contribution in [2.75, 3.05) is 0 Å². The first-order valence-corrected chi connectivity index (χ1v) is 6.17. The van der Waals surface area contributed by atoms with Crippen molar-refractivity contribution in [3.8, 4) is 10.4 Å². The molecule has 1 aromatic carbocycles. The Morgan fingerprint density at radius 2 is 2.00 bits per heavy atom. The molecule has 2 nitrogen and oxygen atoms in total. The molecule has 0 saturated heterocycles. The molecule has 0 radical (unpaired) electrons. The van der Waals surface area contributed by atoms with Crippen LogP contribution in [0.4, 0.5) is 0 Å². The van der Waals surface area contributed by atoms with E-state index < -0.39 is 0 Å². The Balaban J connectivity index is 2.61. The number of aromatic nitrogens is 1. The topological polar surface area (TPSA) is 38.9 Å². The highest BCUT2D eigenvalue weighted by Crippen LogP contribution is 2.32. The second-order valence-electron chi connectivity index (χ2n) is 4.03. The molecule has 0 unspecified atom stereocenters. The van der Waals surface area contributed by atoms with Crippen LogP contribution in [0.3, 0.4) is 0 Å². The fraction of sp³-hybridized carbons (Fsp3) is 0.308. The molecule has 0 fully saturated rings. The van der Waals surface area contributed by atoms with Crippen LogP contribution in [-0.2, 0) is 6.54 Å². The summed E-state index contributed by atoms with van der Waals surface area (Å²) in [6, 6.07) is 6.50. The lowest BCUT2D eigenvalue weighted by Crippen LogP contribution is -1.98. The van der Waals surface area contributed by atoms with Gasteiger partial charge in [-0.1, -0.05) is 23.8 Å². The molecule has 0 spiro atoms. The summed E-state index contributed by atoms with van der Waals surface area (Å²) in [5.41, 5.74) is 10.6. The van der Waals surface area contributed by atoms with E-state index in [0.717, 1.165) is 10.7 Å². The van der Waals surface area contributed by atoms with Gasteiger partial charge in [0.1, 0.15) is 0 Å². The Morgan fingerprint density at radius 3 is 2.69 bits per heavy atom. The van der Waals surface area contributed by atoms with E-state index >= 15 is 0 Å². The van der Waals surface area contributed by atoms with Gasteiger partial charge in [0.2, 0.25) is 0 Å². The Kier molecular flexibility index (Phi) is 3.08. The van der Waals surface area contributed by atoms with Crippen molar-refractivity contribution in [2.45, 2.75) is 27.3 Å². The smallest absolute Gasteiger partial charge is 0.0904 e. The van der Waals surface area contributed by atoms with Crippen LogP contribution in [0.25, 0.3) is 10.4 Å². The monoisotopic (exact) mass is 232 g/mol. The number of nitrogens with zero attached hydrogens (tertiary/aromatic N) is 1. The molecule has 0 amide bonds. The highest BCUT2D eigenvalue weighted by Gasteiger charge is 2.11. The number of thiazole rings is 1. The first kappa shape index (κ1) is 11.3. The van der Waals surface area contributed by atoms with E-state index in [-0.39, 0.29) is 0 Å². The average molecular weight is 232 g/mol. The average Bonchev–Trinajstić information content (AvgIpc) is 2.63. The second kappa shape index (κ2) is 4.36. The summed E-state index contributed by atoms with van der Waals surface area (Å²) < 4.78 is 0. The lowest BCUT2D eigenvalue weighted by atomic mass is 10.0. The predicted molar refractivity (Wildman–Crippen MR) is 69.7 cm³/mol. The van der Waals surface area contributed by atoms with Crippen molar-refractivity contribution in [1.82, 2.24) is 4.98 Å². The first-order chi connectivity index (χ1) is 7.61. The van der Waals surface area contributed by atoms with Crippen molar-refractivity contribution in [3.05, 3.63) is 40.0 Å². The first-order valence-electron chi connectivity index (χ1n) is 5.36. The van der Waals surface area contributed by atoms with Crippen LogP contribution in [0.1, 0.15) is 21.8 Å². The quantitative estimate of drug-likeness (QED) is 0.863. The van der Waals surface area contributed by atoms with Crippen LogP contribution in [0.2, 0.25) is 0 Å². The van der Waals surface area contributed by atoms with E-state index in [4.69, 9.17) is 5.73 Å². The van der Waals surface area contributed by atoms with Gasteiger partial charge in [0.25, 0.3) is 0 Å². The van der Waals surface area contributed by atoms with Gasteiger partial charge in [0.15, 0.2) is 0 Å². The van der Waals surface area contributed by atoms with Gasteiger partial charge in [-0.3, -0.25) is 0 Å². The standard InChI is InChI=1S/C13H16N2S/c1-8-4-5-9(2)11(6-8)13-12(7-14)15-10(3)16-13/h4-6H,7,14H2,1-3H3. The zero-order valence-electron chi connectivity index (χ0n) is 9.87. The molecule has 1 heterocycles. The van der Waals surface area contributed by atoms with Crippen molar-refractivity contribution < 1.29 is 0 Å². The predicted octanol–water partition coefficient (Wildman–Crippen LogP) is 3.19. The molecule has 1 aromatic heterocycles. The SMILES string of the molecule is Cc1ccc(C)c(-c2sc(C)nc2CN)c1. The van der Waals surface area contributed by atoms with Crippen LogP contribution in [0.15, 0.2) is 18.2 Å². The number of aryl methyl sites for hydroxylation is 3. The van der Waals surface area contributed by atoms with E-state index in [1.54, 1.807) is 11.3 Å². The molecule has 84 valence electrons. The summed E-state index contributed by atoms with van der Waals surface area (Å²) in [5, 5.41) is 1.08. The number of hydrogen-bond donors (Lipinski definition) is 1. The van der Waals surface area contributed by atoms with E-state index in [0.29, 0.717) is 6.54 Å². The number of rotatable bonds is 2. The summed E-state index contributed by atoms with van der Waals surface area (Å²) in [4.78, 5) is 5.69. The Labute approximate surface area is 100 Å². The van der Waals surface area contributed by atoms with Gasteiger partial charge in [-0.15, -0.1) is 11.3 Å². The normalized spacial score (nSPS) is 10.8. The molecular weight excluding hydrogens is 216 g/mol. The number of hydrogen-bond acceptors (Lipinski definition) is 3. The third-order valence-corrected chi connectivity index (χ3v) is 3.68. The van der Waals surface area contributed by atoms with Crippen LogP contribution < -0.4 is 5.73 Å². The summed E-state index contributed by atoms with van der Waals surface area (Å²) in [7, 11) is 0. The Morgan fingerprint density at radius 1 is 1.25 bits per heavy atom. The molecule has 3 heteroatoms. The second-order valence-corrected chi connectivity index (χ2v) is 5.23. The zero-order valence-corrected chi connectivity index (χ0v) is 10.7. The molecule has 0 aliphatic carbocycles. The van der Waals surface area contributed by atoms with Gasteiger partial charge in [0, 0.05) is 6.54 Å². The maximum atomic E-state index is 5.73. The molecule has 0 aliphatic rings. The van der Waals surface area contributed by atoms with Crippen molar-refractivity contribution >= 4 is 11.3 Å². The van der Waals surface area contributed by atoms with Gasteiger partial charge in [-0.05, 0) is 31.9 Å². The molecule has 0 saturated carbocycles. The van der Waals surface area contributed by atoms with Crippen LogP contribution in [0, 0.1) is 20.8 Å². The molecule has 0 aliphatic heterocycles. The van der Waals surface area contributed by atoms with Gasteiger partial charge in [-0.2, -0.15) is 0 Å². The highest BCUT2D eigenvalue weighted by atomic mass is 32.1. The fourth-order valence-corrected chi connectivity index (χ4v) is 2.83. The maximum absolute atomic E-state index is 5.73. The Bertz CT molecular complexity index is 515. The minimum absolute atomic E-state index is 0.507. The van der Waals surface area contributed by atoms with Crippen LogP contribution in [-0.4, -0.2) is 4.98 Å². The molecule has 2 rings (SSSR count). The number of nitrogens with two attached hydrogens (primary N) is 1. The number of benzene rings is 1. The minimum Gasteiger partial charge on any atom is -0.325 e. The fourth-order valence-electron chi connectivity index (χ4n) is 1.80. The molecular formula is C13H16N2S. The zero-order chi connectivity index (χ0) is 11.7. The highest BCUT2D eigenvalue weighted by molar-refractivity contribution is 7.15.